The largest absolute Gasteiger partial charge is 5.00 e. The molecule has 0 unspecified atom stereocenters. The quantitative estimate of drug-likeness (QED) is 0.287. The van der Waals surface area contributed by atoms with Crippen LogP contribution in [-0.4, -0.2) is 62.8 Å². The maximum absolute atomic E-state index is 5.31. The normalized spacial score (nSPS) is 9.68. The molecule has 0 saturated heterocycles. The summed E-state index contributed by atoms with van der Waals surface area (Å²) in [4.78, 5) is 3.26. The molecule has 2 N–H and O–H groups in total. The van der Waals surface area contributed by atoms with Gasteiger partial charge in [0.2, 0.25) is 0 Å². The Morgan fingerprint density at radius 1 is 0.839 bits per heavy atom. The summed E-state index contributed by atoms with van der Waals surface area (Å²) in [5.41, 5.74) is 1.04. The molecular weight excluding hydrogens is 532 g/mol. The predicted octanol–water partition coefficient (Wildman–Crippen LogP) is 2.95. The molecule has 0 heterocycles. The van der Waals surface area contributed by atoms with Gasteiger partial charge < -0.3 is 63.6 Å². The van der Waals surface area contributed by atoms with Crippen molar-refractivity contribution in [2.45, 2.75) is 11.3 Å². The van der Waals surface area contributed by atoms with E-state index in [-0.39, 0.29) is 25.6 Å². The third-order valence-electron chi connectivity index (χ3n) is 4.11. The van der Waals surface area contributed by atoms with Gasteiger partial charge in [-0.2, -0.15) is 16.4 Å². The van der Waals surface area contributed by atoms with Crippen LogP contribution in [0.5, 0.6) is 5.75 Å². The number of hydrogen-bond donors (Lipinski definition) is 2. The van der Waals surface area contributed by atoms with E-state index in [4.69, 9.17) is 42.6 Å². The Morgan fingerprint density at radius 3 is 2.00 bits per heavy atom. The molecular formula is C22H32N3O2S3Tc. The van der Waals surface area contributed by atoms with E-state index >= 15 is 0 Å². The van der Waals surface area contributed by atoms with Gasteiger partial charge in [0.1, 0.15) is 5.75 Å². The van der Waals surface area contributed by atoms with Gasteiger partial charge in [0, 0.05) is 13.1 Å². The molecule has 0 saturated carbocycles. The first kappa shape index (κ1) is 32.7. The second kappa shape index (κ2) is 22.7. The number of anilines is 1. The summed E-state index contributed by atoms with van der Waals surface area (Å²) in [5, 5.41) is 6.83. The average molecular weight is 565 g/mol. The maximum Gasteiger partial charge on any atom is 5.00 e. The fourth-order valence-electron chi connectivity index (χ4n) is 2.64. The molecule has 0 aliphatic carbocycles. The molecule has 9 heteroatoms. The van der Waals surface area contributed by atoms with Gasteiger partial charge in [-0.25, -0.2) is 0 Å². The van der Waals surface area contributed by atoms with Crippen LogP contribution in [0.1, 0.15) is 6.42 Å². The Kier molecular flexibility index (Phi) is 23.9. The number of hydrogen-bond acceptors (Lipinski definition) is 7. The zero-order valence-corrected chi connectivity index (χ0v) is 22.2. The summed E-state index contributed by atoms with van der Waals surface area (Å²) in [7, 11) is 1.69. The molecule has 0 fully saturated rings. The zero-order chi connectivity index (χ0) is 21.2. The number of para-hydroxylation sites is 2. The van der Waals surface area contributed by atoms with Gasteiger partial charge in [-0.3, -0.25) is 0 Å². The summed E-state index contributed by atoms with van der Waals surface area (Å²) in [6, 6.07) is 17.6. The predicted molar refractivity (Wildman–Crippen MR) is 133 cm³/mol. The molecule has 0 aliphatic rings. The fraction of sp³-hybridized carbons (Fsp3) is 0.455. The van der Waals surface area contributed by atoms with Gasteiger partial charge in [0.05, 0.1) is 12.8 Å². The van der Waals surface area contributed by atoms with Crippen LogP contribution in [0.4, 0.5) is 5.69 Å². The van der Waals surface area contributed by atoms with E-state index in [1.807, 2.05) is 54.6 Å². The van der Waals surface area contributed by atoms with Crippen molar-refractivity contribution < 1.29 is 30.3 Å². The van der Waals surface area contributed by atoms with E-state index in [9.17, 15) is 0 Å². The van der Waals surface area contributed by atoms with Crippen LogP contribution in [0.25, 0.3) is 0 Å². The molecule has 2 aromatic carbocycles. The van der Waals surface area contributed by atoms with E-state index in [1.54, 1.807) is 7.11 Å². The van der Waals surface area contributed by atoms with Crippen LogP contribution in [0.2, 0.25) is 0 Å². The number of ether oxygens (including phenoxy) is 1. The van der Waals surface area contributed by atoms with E-state index in [0.717, 1.165) is 73.5 Å². The van der Waals surface area contributed by atoms with Gasteiger partial charge >= 0.3 is 20.1 Å². The van der Waals surface area contributed by atoms with Crippen molar-refractivity contribution in [3.8, 4) is 5.75 Å². The van der Waals surface area contributed by atoms with Gasteiger partial charge in [-0.1, -0.05) is 42.5 Å². The third kappa shape index (κ3) is 16.7. The van der Waals surface area contributed by atoms with Crippen LogP contribution in [0.3, 0.4) is 0 Å². The molecule has 0 atom stereocenters. The molecule has 5 nitrogen and oxygen atoms in total. The van der Waals surface area contributed by atoms with Crippen molar-refractivity contribution in [1.82, 2.24) is 10.2 Å². The van der Waals surface area contributed by atoms with E-state index in [1.165, 1.54) is 0 Å². The average Bonchev–Trinajstić information content (AvgIpc) is 2.74. The molecule has 2 aromatic rings. The number of nitrogens with one attached hydrogen (secondary N) is 2. The van der Waals surface area contributed by atoms with Gasteiger partial charge in [0.15, 0.2) is 0 Å². The fourth-order valence-corrected chi connectivity index (χ4v) is 3.32. The molecule has 0 aromatic heterocycles. The molecule has 31 heavy (non-hydrogen) atoms. The second-order valence-corrected chi connectivity index (χ2v) is 7.58. The van der Waals surface area contributed by atoms with Crippen molar-refractivity contribution in [1.29, 1.82) is 0 Å². The SMILES string of the molecule is COc1ccccc1NCCNCCCN(CC[S-])CC[S-].[O-2].[S-]c1ccccc1.[Tc+5]. The summed E-state index contributed by atoms with van der Waals surface area (Å²) in [6.07, 6.45) is 1.12. The van der Waals surface area contributed by atoms with Crippen LogP contribution in [-0.2, 0) is 63.5 Å². The minimum absolute atomic E-state index is 0. The molecule has 0 bridgehead atoms. The number of methoxy groups -OCH3 is 1. The topological polar surface area (TPSA) is 65.0 Å². The van der Waals surface area contributed by atoms with E-state index in [2.05, 4.69) is 15.5 Å². The first-order chi connectivity index (χ1) is 14.2. The van der Waals surface area contributed by atoms with Crippen LogP contribution in [0.15, 0.2) is 59.5 Å². The minimum Gasteiger partial charge on any atom is -2.00 e. The summed E-state index contributed by atoms with van der Waals surface area (Å²) in [6.45, 7) is 5.84. The summed E-state index contributed by atoms with van der Waals surface area (Å²) < 4.78 is 5.31. The molecule has 0 amide bonds. The van der Waals surface area contributed by atoms with Gasteiger partial charge in [-0.15, -0.1) is 0 Å². The molecule has 0 spiro atoms. The van der Waals surface area contributed by atoms with Gasteiger partial charge in [0.25, 0.3) is 0 Å². The molecule has 172 valence electrons. The number of benzene rings is 2. The van der Waals surface area contributed by atoms with Crippen molar-refractivity contribution in [2.24, 2.45) is 0 Å². The van der Waals surface area contributed by atoms with Crippen molar-refractivity contribution in [3.63, 3.8) is 0 Å². The van der Waals surface area contributed by atoms with E-state index < -0.39 is 0 Å². The smallest absolute Gasteiger partial charge is 2.00 e. The second-order valence-electron chi connectivity index (χ2n) is 6.29. The monoisotopic (exact) mass is 563 g/mol. The minimum atomic E-state index is 0. The number of nitrogens with zero attached hydrogens (tertiary/aromatic N) is 1. The first-order valence-corrected chi connectivity index (χ1v) is 11.5. The Labute approximate surface area is 218 Å². The molecule has 2 rings (SSSR count). The number of rotatable bonds is 13. The Hall–Kier alpha value is -0.511. The van der Waals surface area contributed by atoms with E-state index in [0.29, 0.717) is 0 Å². The maximum atomic E-state index is 5.31. The van der Waals surface area contributed by atoms with Crippen molar-refractivity contribution >= 4 is 43.6 Å². The summed E-state index contributed by atoms with van der Waals surface area (Å²) >= 11 is 14.9. The van der Waals surface area contributed by atoms with Crippen LogP contribution in [0, 0.1) is 0 Å². The molecule has 0 radical (unpaired) electrons. The standard InChI is InChI=1S/C16H29N3OS2.C6H6S.O.Tc/c1-20-16-6-3-2-5-15(16)18-9-8-17-7-4-10-19(11-13-21)12-14-22;7-6-4-2-1-3-5-6;;/h2-3,5-6,17-18,21-22H,4,7-14H2,1H3;1-5,7H;;/q;;-2;+5/p-3. The summed E-state index contributed by atoms with van der Waals surface area (Å²) in [5.74, 6) is 2.45. The van der Waals surface area contributed by atoms with Gasteiger partial charge in [-0.05, 0) is 44.7 Å². The first-order valence-electron chi connectivity index (χ1n) is 9.89. The molecule has 0 aliphatic heterocycles. The third-order valence-corrected chi connectivity index (χ3v) is 4.75. The zero-order valence-electron chi connectivity index (χ0n) is 17.9. The van der Waals surface area contributed by atoms with Crippen LogP contribution < -0.4 is 15.4 Å². The Morgan fingerprint density at radius 2 is 1.45 bits per heavy atom. The van der Waals surface area contributed by atoms with Crippen LogP contribution >= 0.6 is 0 Å². The van der Waals surface area contributed by atoms with Crippen molar-refractivity contribution in [2.75, 3.05) is 63.2 Å². The Balaban J connectivity index is 0. The van der Waals surface area contributed by atoms with Crippen molar-refractivity contribution in [3.05, 3.63) is 54.6 Å². The Bertz CT molecular complexity index is 636.